The topological polar surface area (TPSA) is 86.7 Å². The number of hydrogen-bond acceptors (Lipinski definition) is 4. The van der Waals surface area contributed by atoms with Gasteiger partial charge >= 0.3 is 0 Å². The van der Waals surface area contributed by atoms with Gasteiger partial charge in [-0.3, -0.25) is 9.29 Å². The molecule has 0 fully saturated rings. The maximum Gasteiger partial charge on any atom is 0.235 e. The zero-order valence-electron chi connectivity index (χ0n) is 17.6. The van der Waals surface area contributed by atoms with E-state index >= 15 is 0 Å². The molecule has 0 saturated heterocycles. The molecule has 0 amide bonds. The number of rotatable bonds is 6. The lowest BCUT2D eigenvalue weighted by Crippen LogP contribution is -2.22. The summed E-state index contributed by atoms with van der Waals surface area (Å²) in [6.07, 6.45) is 9.19. The number of nitrogens with one attached hydrogen (secondary N) is 1. The van der Waals surface area contributed by atoms with E-state index in [1.54, 1.807) is 31.1 Å². The third-order valence-electron chi connectivity index (χ3n) is 5.26. The summed E-state index contributed by atoms with van der Waals surface area (Å²) < 4.78 is 33.4. The molecule has 2 aromatic carbocycles. The highest BCUT2D eigenvalue weighted by Crippen LogP contribution is 2.26. The Morgan fingerprint density at radius 1 is 0.906 bits per heavy atom. The minimum atomic E-state index is -3.49. The van der Waals surface area contributed by atoms with Gasteiger partial charge in [-0.1, -0.05) is 0 Å². The number of aromatic nitrogens is 5. The molecular formula is C23H22N6O2S. The molecule has 5 rings (SSSR count). The van der Waals surface area contributed by atoms with E-state index < -0.39 is 15.3 Å². The maximum absolute atomic E-state index is 12.5. The van der Waals surface area contributed by atoms with Gasteiger partial charge in [-0.25, -0.2) is 18.1 Å². The Kier molecular flexibility index (Phi) is 4.82. The number of benzene rings is 2. The van der Waals surface area contributed by atoms with Crippen molar-refractivity contribution < 1.29 is 8.42 Å². The second-order valence-electron chi connectivity index (χ2n) is 7.76. The summed E-state index contributed by atoms with van der Waals surface area (Å²) in [5, 5.41) is 3.73. The van der Waals surface area contributed by atoms with Gasteiger partial charge in [-0.15, -0.1) is 0 Å². The standard InChI is InChI=1S/C23H22N6O2S/c1-17(2)32(30,31)26-18-12-20(27-9-3-4-10-27)14-21(13-18)28-16-24-22-15-19(6-7-23(22)28)29-11-5-8-25-29/h3-17,26H,1-2H3. The molecule has 9 heteroatoms. The lowest BCUT2D eigenvalue weighted by atomic mass is 10.2. The van der Waals surface area contributed by atoms with Crippen LogP contribution < -0.4 is 4.72 Å². The maximum atomic E-state index is 12.5. The van der Waals surface area contributed by atoms with Crippen molar-refractivity contribution in [1.29, 1.82) is 0 Å². The van der Waals surface area contributed by atoms with E-state index in [1.165, 1.54) is 0 Å². The van der Waals surface area contributed by atoms with Crippen LogP contribution in [0.1, 0.15) is 13.8 Å². The van der Waals surface area contributed by atoms with Crippen LogP contribution in [0.2, 0.25) is 0 Å². The second kappa shape index (κ2) is 7.69. The fourth-order valence-corrected chi connectivity index (χ4v) is 4.18. The largest absolute Gasteiger partial charge is 0.324 e. The van der Waals surface area contributed by atoms with Crippen LogP contribution in [0.15, 0.2) is 85.7 Å². The molecule has 3 heterocycles. The number of sulfonamides is 1. The number of fused-ring (bicyclic) bond motifs is 1. The fourth-order valence-electron chi connectivity index (χ4n) is 3.50. The van der Waals surface area contributed by atoms with E-state index in [1.807, 2.05) is 82.3 Å². The van der Waals surface area contributed by atoms with E-state index in [-0.39, 0.29) is 0 Å². The van der Waals surface area contributed by atoms with Crippen LogP contribution >= 0.6 is 0 Å². The summed E-state index contributed by atoms with van der Waals surface area (Å²) in [6, 6.07) is 17.3. The van der Waals surface area contributed by atoms with E-state index in [4.69, 9.17) is 0 Å². The Hall–Kier alpha value is -3.85. The minimum Gasteiger partial charge on any atom is -0.324 e. The Labute approximate surface area is 185 Å². The minimum absolute atomic E-state index is 0.495. The highest BCUT2D eigenvalue weighted by molar-refractivity contribution is 7.93. The van der Waals surface area contributed by atoms with E-state index in [9.17, 15) is 8.42 Å². The lowest BCUT2D eigenvalue weighted by Gasteiger charge is -2.15. The highest BCUT2D eigenvalue weighted by atomic mass is 32.2. The Morgan fingerprint density at radius 2 is 1.69 bits per heavy atom. The van der Waals surface area contributed by atoms with Gasteiger partial charge in [-0.2, -0.15) is 5.10 Å². The molecule has 0 aliphatic carbocycles. The third-order valence-corrected chi connectivity index (χ3v) is 7.03. The van der Waals surface area contributed by atoms with Gasteiger partial charge in [0.25, 0.3) is 0 Å². The first-order valence-electron chi connectivity index (χ1n) is 10.2. The molecule has 0 atom stereocenters. The van der Waals surface area contributed by atoms with Crippen molar-refractivity contribution >= 4 is 26.7 Å². The summed E-state index contributed by atoms with van der Waals surface area (Å²) in [5.74, 6) is 0. The summed E-state index contributed by atoms with van der Waals surface area (Å²) in [6.45, 7) is 3.30. The van der Waals surface area contributed by atoms with Crippen molar-refractivity contribution in [3.63, 3.8) is 0 Å². The Balaban J connectivity index is 1.63. The van der Waals surface area contributed by atoms with Crippen LogP contribution in [0.3, 0.4) is 0 Å². The number of anilines is 1. The van der Waals surface area contributed by atoms with Gasteiger partial charge in [0.2, 0.25) is 10.0 Å². The van der Waals surface area contributed by atoms with Gasteiger partial charge in [0.15, 0.2) is 0 Å². The van der Waals surface area contributed by atoms with Gasteiger partial charge in [0.05, 0.1) is 33.3 Å². The van der Waals surface area contributed by atoms with Crippen LogP contribution in [0.5, 0.6) is 0 Å². The van der Waals surface area contributed by atoms with Crippen molar-refractivity contribution in [2.45, 2.75) is 19.1 Å². The van der Waals surface area contributed by atoms with Gasteiger partial charge < -0.3 is 4.57 Å². The molecule has 5 aromatic rings. The number of hydrogen-bond donors (Lipinski definition) is 1. The van der Waals surface area contributed by atoms with Crippen molar-refractivity contribution in [3.8, 4) is 17.1 Å². The van der Waals surface area contributed by atoms with Crippen LogP contribution in [-0.4, -0.2) is 37.6 Å². The Bertz CT molecular complexity index is 1480. The summed E-state index contributed by atoms with van der Waals surface area (Å²) in [4.78, 5) is 4.57. The monoisotopic (exact) mass is 446 g/mol. The van der Waals surface area contributed by atoms with Crippen LogP contribution in [-0.2, 0) is 10.0 Å². The Morgan fingerprint density at radius 3 is 2.41 bits per heavy atom. The molecule has 0 aliphatic heterocycles. The normalized spacial score (nSPS) is 12.0. The average Bonchev–Trinajstić information content (AvgIpc) is 3.54. The van der Waals surface area contributed by atoms with Crippen molar-refractivity contribution in [3.05, 3.63) is 85.7 Å². The first-order chi connectivity index (χ1) is 15.4. The molecule has 162 valence electrons. The van der Waals surface area contributed by atoms with Gasteiger partial charge in [-0.05, 0) is 68.4 Å². The quantitative estimate of drug-likeness (QED) is 0.424. The van der Waals surface area contributed by atoms with E-state index in [0.717, 1.165) is 28.1 Å². The molecule has 0 bridgehead atoms. The highest BCUT2D eigenvalue weighted by Gasteiger charge is 2.17. The first-order valence-corrected chi connectivity index (χ1v) is 11.7. The third kappa shape index (κ3) is 3.67. The van der Waals surface area contributed by atoms with Crippen molar-refractivity contribution in [1.82, 2.24) is 23.9 Å². The fraction of sp³-hybridized carbons (Fsp3) is 0.130. The van der Waals surface area contributed by atoms with Crippen LogP contribution in [0, 0.1) is 0 Å². The zero-order chi connectivity index (χ0) is 22.3. The number of nitrogens with zero attached hydrogens (tertiary/aromatic N) is 5. The number of imidazole rings is 1. The predicted molar refractivity (Wildman–Crippen MR) is 125 cm³/mol. The summed E-state index contributed by atoms with van der Waals surface area (Å²) in [5.41, 5.74) is 4.77. The molecule has 0 unspecified atom stereocenters. The molecule has 0 spiro atoms. The van der Waals surface area contributed by atoms with Crippen LogP contribution in [0.4, 0.5) is 5.69 Å². The predicted octanol–water partition coefficient (Wildman–Crippen LogP) is 4.15. The van der Waals surface area contributed by atoms with Crippen molar-refractivity contribution in [2.75, 3.05) is 4.72 Å². The molecular weight excluding hydrogens is 424 g/mol. The van der Waals surface area contributed by atoms with Gasteiger partial charge in [0.1, 0.15) is 6.33 Å². The molecule has 3 aromatic heterocycles. The van der Waals surface area contributed by atoms with Crippen molar-refractivity contribution in [2.24, 2.45) is 0 Å². The smallest absolute Gasteiger partial charge is 0.235 e. The lowest BCUT2D eigenvalue weighted by molar-refractivity contribution is 0.593. The van der Waals surface area contributed by atoms with E-state index in [2.05, 4.69) is 14.8 Å². The molecule has 1 N–H and O–H groups in total. The van der Waals surface area contributed by atoms with Crippen LogP contribution in [0.25, 0.3) is 28.1 Å². The molecule has 0 saturated carbocycles. The van der Waals surface area contributed by atoms with E-state index in [0.29, 0.717) is 5.69 Å². The average molecular weight is 447 g/mol. The molecule has 32 heavy (non-hydrogen) atoms. The second-order valence-corrected chi connectivity index (χ2v) is 10.00. The molecule has 0 aliphatic rings. The van der Waals surface area contributed by atoms with Gasteiger partial charge in [0, 0.05) is 30.5 Å². The summed E-state index contributed by atoms with van der Waals surface area (Å²) >= 11 is 0. The summed E-state index contributed by atoms with van der Waals surface area (Å²) in [7, 11) is -3.49. The molecule has 8 nitrogen and oxygen atoms in total. The molecule has 0 radical (unpaired) electrons. The SMILES string of the molecule is CC(C)S(=O)(=O)Nc1cc(-n2cccc2)cc(-n2cnc3cc(-n4cccn4)ccc32)c1. The zero-order valence-corrected chi connectivity index (χ0v) is 18.4. The first kappa shape index (κ1) is 20.1.